The first-order chi connectivity index (χ1) is 12.7. The molecule has 4 N–H and O–H groups in total. The van der Waals surface area contributed by atoms with Crippen molar-refractivity contribution >= 4 is 11.6 Å². The van der Waals surface area contributed by atoms with Crippen LogP contribution in [0.4, 0.5) is 5.69 Å². The molecule has 2 aromatic carbocycles. The number of amides is 1. The molecule has 7 nitrogen and oxygen atoms in total. The number of imidazole rings is 1. The Morgan fingerprint density at radius 3 is 2.65 bits per heavy atom. The molecule has 2 aromatic heterocycles. The predicted molar refractivity (Wildman–Crippen MR) is 97.7 cm³/mol. The maximum atomic E-state index is 12.6. The summed E-state index contributed by atoms with van der Waals surface area (Å²) in [5, 5.41) is 19.2. The topological polar surface area (TPSA) is 107 Å². The Morgan fingerprint density at radius 2 is 1.88 bits per heavy atom. The Morgan fingerprint density at radius 1 is 1.08 bits per heavy atom. The first-order valence-corrected chi connectivity index (χ1v) is 7.95. The minimum atomic E-state index is -0.304. The summed E-state index contributed by atoms with van der Waals surface area (Å²) < 4.78 is 0. The quantitative estimate of drug-likeness (QED) is 0.454. The van der Waals surface area contributed by atoms with E-state index >= 15 is 0 Å². The van der Waals surface area contributed by atoms with Gasteiger partial charge in [-0.05, 0) is 42.5 Å². The maximum absolute atomic E-state index is 12.6. The van der Waals surface area contributed by atoms with Crippen LogP contribution in [-0.2, 0) is 0 Å². The highest BCUT2D eigenvalue weighted by atomic mass is 16.3. The second-order valence-corrected chi connectivity index (χ2v) is 5.65. The number of carbonyl (C=O) groups excluding carboxylic acids is 1. The van der Waals surface area contributed by atoms with Crippen LogP contribution in [0, 0.1) is 0 Å². The Hall–Kier alpha value is -3.87. The third-order valence-electron chi connectivity index (χ3n) is 3.91. The molecule has 0 fully saturated rings. The molecule has 0 aliphatic heterocycles. The standard InChI is InChI=1S/C19H15N5O2/c25-13-7-5-12(6-8-13)16-11-17(24-23-16)19(26)22-15-4-2-1-3-14(15)18-20-9-10-21-18/h1-11,25H,(H,20,21)(H,22,26)(H,23,24). The molecule has 0 radical (unpaired) electrons. The molecule has 0 aliphatic carbocycles. The highest BCUT2D eigenvalue weighted by molar-refractivity contribution is 6.05. The van der Waals surface area contributed by atoms with Gasteiger partial charge in [-0.2, -0.15) is 5.10 Å². The van der Waals surface area contributed by atoms with Gasteiger partial charge < -0.3 is 15.4 Å². The Labute approximate surface area is 148 Å². The zero-order valence-corrected chi connectivity index (χ0v) is 13.6. The molecule has 4 aromatic rings. The van der Waals surface area contributed by atoms with Crippen LogP contribution in [0.2, 0.25) is 0 Å². The summed E-state index contributed by atoms with van der Waals surface area (Å²) in [5.74, 6) is 0.550. The summed E-state index contributed by atoms with van der Waals surface area (Å²) in [4.78, 5) is 19.8. The second kappa shape index (κ2) is 6.56. The molecule has 2 heterocycles. The van der Waals surface area contributed by atoms with Crippen LogP contribution in [0.15, 0.2) is 67.0 Å². The summed E-state index contributed by atoms with van der Waals surface area (Å²) in [7, 11) is 0. The van der Waals surface area contributed by atoms with Crippen molar-refractivity contribution in [2.24, 2.45) is 0 Å². The molecule has 0 saturated carbocycles. The second-order valence-electron chi connectivity index (χ2n) is 5.65. The van der Waals surface area contributed by atoms with E-state index in [1.165, 1.54) is 0 Å². The average Bonchev–Trinajstić information content (AvgIpc) is 3.35. The van der Waals surface area contributed by atoms with Gasteiger partial charge in [0.05, 0.1) is 11.4 Å². The molecule has 26 heavy (non-hydrogen) atoms. The predicted octanol–water partition coefficient (Wildman–Crippen LogP) is 3.42. The highest BCUT2D eigenvalue weighted by Crippen LogP contribution is 2.26. The number of anilines is 1. The molecule has 1 amide bonds. The average molecular weight is 345 g/mol. The fourth-order valence-corrected chi connectivity index (χ4v) is 2.62. The van der Waals surface area contributed by atoms with Crippen LogP contribution < -0.4 is 5.32 Å². The van der Waals surface area contributed by atoms with Crippen molar-refractivity contribution in [1.82, 2.24) is 20.2 Å². The largest absolute Gasteiger partial charge is 0.508 e. The van der Waals surface area contributed by atoms with Gasteiger partial charge in [0, 0.05) is 23.5 Å². The Kier molecular flexibility index (Phi) is 3.95. The van der Waals surface area contributed by atoms with Gasteiger partial charge in [0.2, 0.25) is 0 Å². The van der Waals surface area contributed by atoms with Crippen molar-refractivity contribution in [3.63, 3.8) is 0 Å². The van der Waals surface area contributed by atoms with E-state index < -0.39 is 0 Å². The van der Waals surface area contributed by atoms with Crippen LogP contribution >= 0.6 is 0 Å². The molecule has 0 spiro atoms. The number of phenolic OH excluding ortho intramolecular Hbond substituents is 1. The lowest BCUT2D eigenvalue weighted by molar-refractivity contribution is 0.102. The van der Waals surface area contributed by atoms with Gasteiger partial charge >= 0.3 is 0 Å². The first kappa shape index (κ1) is 15.6. The van der Waals surface area contributed by atoms with Gasteiger partial charge in [-0.1, -0.05) is 12.1 Å². The number of phenols is 1. The number of carbonyl (C=O) groups is 1. The van der Waals surface area contributed by atoms with E-state index in [4.69, 9.17) is 0 Å². The van der Waals surface area contributed by atoms with E-state index in [9.17, 15) is 9.90 Å². The van der Waals surface area contributed by atoms with Crippen LogP contribution in [0.3, 0.4) is 0 Å². The third kappa shape index (κ3) is 3.05. The van der Waals surface area contributed by atoms with E-state index in [1.54, 1.807) is 42.7 Å². The van der Waals surface area contributed by atoms with Gasteiger partial charge in [-0.25, -0.2) is 4.98 Å². The van der Waals surface area contributed by atoms with Crippen molar-refractivity contribution in [1.29, 1.82) is 0 Å². The van der Waals surface area contributed by atoms with Gasteiger partial charge in [0.25, 0.3) is 5.91 Å². The summed E-state index contributed by atoms with van der Waals surface area (Å²) >= 11 is 0. The number of aromatic nitrogens is 4. The van der Waals surface area contributed by atoms with Gasteiger partial charge in [0.1, 0.15) is 17.3 Å². The lowest BCUT2D eigenvalue weighted by atomic mass is 10.1. The summed E-state index contributed by atoms with van der Waals surface area (Å²) in [5.41, 5.74) is 3.20. The number of H-pyrrole nitrogens is 2. The fourth-order valence-electron chi connectivity index (χ4n) is 2.62. The molecule has 0 saturated heterocycles. The van der Waals surface area contributed by atoms with Crippen molar-refractivity contribution in [3.8, 4) is 28.4 Å². The summed E-state index contributed by atoms with van der Waals surface area (Å²) in [6.45, 7) is 0. The third-order valence-corrected chi connectivity index (χ3v) is 3.91. The van der Waals surface area contributed by atoms with Gasteiger partial charge in [-0.3, -0.25) is 9.89 Å². The number of benzene rings is 2. The molecule has 7 heteroatoms. The van der Waals surface area contributed by atoms with Crippen molar-refractivity contribution in [2.75, 3.05) is 5.32 Å². The highest BCUT2D eigenvalue weighted by Gasteiger charge is 2.14. The molecule has 0 unspecified atom stereocenters. The molecule has 4 rings (SSSR count). The van der Waals surface area contributed by atoms with E-state index in [0.717, 1.165) is 11.1 Å². The van der Waals surface area contributed by atoms with Crippen LogP contribution in [0.25, 0.3) is 22.6 Å². The SMILES string of the molecule is O=C(Nc1ccccc1-c1ncc[nH]1)c1cc(-c2ccc(O)cc2)n[nH]1. The minimum Gasteiger partial charge on any atom is -0.508 e. The number of hydrogen-bond donors (Lipinski definition) is 4. The van der Waals surface area contributed by atoms with E-state index in [1.807, 2.05) is 24.3 Å². The fraction of sp³-hybridized carbons (Fsp3) is 0. The minimum absolute atomic E-state index is 0.178. The molecule has 128 valence electrons. The molecular weight excluding hydrogens is 330 g/mol. The van der Waals surface area contributed by atoms with Gasteiger partial charge in [0.15, 0.2) is 0 Å². The number of rotatable bonds is 4. The molecule has 0 bridgehead atoms. The lowest BCUT2D eigenvalue weighted by Gasteiger charge is -2.08. The number of aromatic amines is 2. The lowest BCUT2D eigenvalue weighted by Crippen LogP contribution is -2.13. The van der Waals surface area contributed by atoms with Crippen molar-refractivity contribution in [2.45, 2.75) is 0 Å². The van der Waals surface area contributed by atoms with E-state index in [-0.39, 0.29) is 11.7 Å². The smallest absolute Gasteiger partial charge is 0.273 e. The van der Waals surface area contributed by atoms with Crippen molar-refractivity contribution < 1.29 is 9.90 Å². The number of aromatic hydroxyl groups is 1. The Bertz CT molecular complexity index is 1040. The normalized spacial score (nSPS) is 10.6. The Balaban J connectivity index is 1.58. The molecule has 0 aliphatic rings. The van der Waals surface area contributed by atoms with Gasteiger partial charge in [-0.15, -0.1) is 0 Å². The zero-order valence-electron chi connectivity index (χ0n) is 13.6. The number of hydrogen-bond acceptors (Lipinski definition) is 4. The van der Waals surface area contributed by atoms with E-state index in [0.29, 0.717) is 22.9 Å². The van der Waals surface area contributed by atoms with Crippen LogP contribution in [0.5, 0.6) is 5.75 Å². The number of para-hydroxylation sites is 1. The van der Waals surface area contributed by atoms with Crippen LogP contribution in [-0.4, -0.2) is 31.2 Å². The zero-order chi connectivity index (χ0) is 17.9. The summed E-state index contributed by atoms with van der Waals surface area (Å²) in [6.07, 6.45) is 3.39. The number of nitrogens with zero attached hydrogens (tertiary/aromatic N) is 2. The number of nitrogens with one attached hydrogen (secondary N) is 3. The first-order valence-electron chi connectivity index (χ1n) is 7.95. The maximum Gasteiger partial charge on any atom is 0.273 e. The molecular formula is C19H15N5O2. The van der Waals surface area contributed by atoms with Crippen molar-refractivity contribution in [3.05, 3.63) is 72.7 Å². The molecule has 0 atom stereocenters. The van der Waals surface area contributed by atoms with E-state index in [2.05, 4.69) is 25.5 Å². The van der Waals surface area contributed by atoms with Crippen LogP contribution in [0.1, 0.15) is 10.5 Å². The monoisotopic (exact) mass is 345 g/mol. The summed E-state index contributed by atoms with van der Waals surface area (Å²) in [6, 6.07) is 15.7.